The molecule has 0 atom stereocenters. The lowest BCUT2D eigenvalue weighted by molar-refractivity contribution is 1.07. The normalized spacial score (nSPS) is 11.0. The number of aromatic nitrogens is 3. The lowest BCUT2D eigenvalue weighted by Gasteiger charge is -2.08. The van der Waals surface area contributed by atoms with Crippen LogP contribution in [0, 0.1) is 0 Å². The highest BCUT2D eigenvalue weighted by Gasteiger charge is 2.12. The molecule has 0 aliphatic rings. The number of fused-ring (bicyclic) bond motifs is 1. The first-order chi connectivity index (χ1) is 16.4. The molecule has 0 fully saturated rings. The van der Waals surface area contributed by atoms with Crippen molar-refractivity contribution in [3.05, 3.63) is 128 Å². The van der Waals surface area contributed by atoms with Gasteiger partial charge in [0.15, 0.2) is 5.65 Å². The summed E-state index contributed by atoms with van der Waals surface area (Å²) in [5, 5.41) is 0. The summed E-state index contributed by atoms with van der Waals surface area (Å²) >= 11 is 0. The van der Waals surface area contributed by atoms with Crippen LogP contribution < -0.4 is 0 Å². The van der Waals surface area contributed by atoms with E-state index in [0.29, 0.717) is 0 Å². The van der Waals surface area contributed by atoms with Crippen molar-refractivity contribution in [2.24, 2.45) is 0 Å². The molecule has 2 heterocycles. The maximum atomic E-state index is 4.73. The van der Waals surface area contributed by atoms with E-state index in [-0.39, 0.29) is 0 Å². The van der Waals surface area contributed by atoms with Crippen LogP contribution in [0.4, 0.5) is 0 Å². The zero-order chi connectivity index (χ0) is 22.0. The van der Waals surface area contributed by atoms with Crippen LogP contribution in [-0.2, 0) is 0 Å². The molecule has 0 saturated carbocycles. The van der Waals surface area contributed by atoms with E-state index in [4.69, 9.17) is 4.98 Å². The van der Waals surface area contributed by atoms with Crippen LogP contribution in [0.2, 0.25) is 0 Å². The van der Waals surface area contributed by atoms with Gasteiger partial charge in [-0.2, -0.15) is 0 Å². The molecule has 6 aromatic rings. The Morgan fingerprint density at radius 3 is 1.58 bits per heavy atom. The number of pyridine rings is 1. The van der Waals surface area contributed by atoms with Crippen molar-refractivity contribution >= 4 is 11.2 Å². The maximum absolute atomic E-state index is 4.73. The molecule has 0 aliphatic heterocycles. The second-order valence-corrected chi connectivity index (χ2v) is 8.00. The van der Waals surface area contributed by atoms with E-state index in [1.807, 2.05) is 35.3 Å². The largest absolute Gasteiger partial charge is 0.283 e. The van der Waals surface area contributed by atoms with Crippen molar-refractivity contribution in [1.29, 1.82) is 0 Å². The molecule has 4 aromatic carbocycles. The van der Waals surface area contributed by atoms with E-state index < -0.39 is 0 Å². The Balaban J connectivity index is 1.36. The summed E-state index contributed by atoms with van der Waals surface area (Å²) in [4.78, 5) is 9.38. The Hall–Kier alpha value is -4.50. The Morgan fingerprint density at radius 2 is 0.970 bits per heavy atom. The van der Waals surface area contributed by atoms with Gasteiger partial charge in [0.25, 0.3) is 0 Å². The highest BCUT2D eigenvalue weighted by molar-refractivity contribution is 5.91. The van der Waals surface area contributed by atoms with Gasteiger partial charge in [-0.3, -0.25) is 4.57 Å². The Kier molecular flexibility index (Phi) is 4.78. The van der Waals surface area contributed by atoms with Gasteiger partial charge in [0, 0.05) is 17.4 Å². The summed E-state index contributed by atoms with van der Waals surface area (Å²) in [6, 6.07) is 40.0. The number of hydrogen-bond acceptors (Lipinski definition) is 2. The van der Waals surface area contributed by atoms with E-state index in [0.717, 1.165) is 28.0 Å². The summed E-state index contributed by atoms with van der Waals surface area (Å²) in [6.07, 6.45) is 3.72. The van der Waals surface area contributed by atoms with E-state index in [2.05, 4.69) is 102 Å². The fourth-order valence-corrected chi connectivity index (χ4v) is 4.26. The van der Waals surface area contributed by atoms with Gasteiger partial charge in [-0.25, -0.2) is 9.97 Å². The van der Waals surface area contributed by atoms with Gasteiger partial charge in [0.05, 0.1) is 0 Å². The number of rotatable bonds is 4. The minimum Gasteiger partial charge on any atom is -0.283 e. The quantitative estimate of drug-likeness (QED) is 0.295. The molecule has 6 rings (SSSR count). The summed E-state index contributed by atoms with van der Waals surface area (Å²) in [6.45, 7) is 0. The molecular formula is C30H21N3. The van der Waals surface area contributed by atoms with Crippen molar-refractivity contribution in [3.8, 4) is 39.1 Å². The van der Waals surface area contributed by atoms with E-state index in [1.165, 1.54) is 22.3 Å². The van der Waals surface area contributed by atoms with Crippen LogP contribution >= 0.6 is 0 Å². The van der Waals surface area contributed by atoms with Gasteiger partial charge >= 0.3 is 0 Å². The molecule has 0 unspecified atom stereocenters. The first-order valence-electron chi connectivity index (χ1n) is 11.0. The van der Waals surface area contributed by atoms with Gasteiger partial charge in [0.2, 0.25) is 0 Å². The highest BCUT2D eigenvalue weighted by atomic mass is 15.1. The molecule has 0 aliphatic carbocycles. The number of nitrogens with zero attached hydrogens (tertiary/aromatic N) is 3. The molecule has 0 amide bonds. The van der Waals surface area contributed by atoms with Gasteiger partial charge < -0.3 is 0 Å². The SMILES string of the molecule is c1ccc(-c2ccc(-c3ccnc4c3ncn4-c3ccc(-c4ccccc4)cc3)cc2)cc1. The van der Waals surface area contributed by atoms with E-state index in [1.54, 1.807) is 0 Å². The molecule has 33 heavy (non-hydrogen) atoms. The number of imidazole rings is 1. The van der Waals surface area contributed by atoms with Crippen molar-refractivity contribution in [2.45, 2.75) is 0 Å². The van der Waals surface area contributed by atoms with Crippen molar-refractivity contribution < 1.29 is 0 Å². The van der Waals surface area contributed by atoms with Crippen LogP contribution in [0.5, 0.6) is 0 Å². The summed E-state index contributed by atoms with van der Waals surface area (Å²) < 4.78 is 2.05. The minimum atomic E-state index is 0.854. The smallest absolute Gasteiger partial charge is 0.165 e. The number of hydrogen-bond donors (Lipinski definition) is 0. The molecule has 2 aromatic heterocycles. The summed E-state index contributed by atoms with van der Waals surface area (Å²) in [5.41, 5.74) is 9.83. The third-order valence-electron chi connectivity index (χ3n) is 5.99. The highest BCUT2D eigenvalue weighted by Crippen LogP contribution is 2.30. The first kappa shape index (κ1) is 19.2. The fourth-order valence-electron chi connectivity index (χ4n) is 4.26. The van der Waals surface area contributed by atoms with Gasteiger partial charge in [-0.15, -0.1) is 0 Å². The third kappa shape index (κ3) is 3.60. The minimum absolute atomic E-state index is 0.854. The molecule has 3 nitrogen and oxygen atoms in total. The fraction of sp³-hybridized carbons (Fsp3) is 0. The average Bonchev–Trinajstić information content (AvgIpc) is 3.34. The third-order valence-corrected chi connectivity index (χ3v) is 5.99. The zero-order valence-electron chi connectivity index (χ0n) is 18.0. The predicted octanol–water partition coefficient (Wildman–Crippen LogP) is 7.42. The number of benzene rings is 4. The lowest BCUT2D eigenvalue weighted by atomic mass is 10.0. The van der Waals surface area contributed by atoms with Gasteiger partial charge in [0.1, 0.15) is 11.8 Å². The molecule has 156 valence electrons. The standard InChI is InChI=1S/C30H21N3/c1-3-7-22(8-4-1)24-11-13-26(14-12-24)28-19-20-31-30-29(28)32-21-33(30)27-17-15-25(16-18-27)23-9-5-2-6-10-23/h1-21H. The first-order valence-corrected chi connectivity index (χ1v) is 11.0. The maximum Gasteiger partial charge on any atom is 0.165 e. The lowest BCUT2D eigenvalue weighted by Crippen LogP contribution is -1.94. The zero-order valence-corrected chi connectivity index (χ0v) is 18.0. The van der Waals surface area contributed by atoms with Crippen LogP contribution in [0.3, 0.4) is 0 Å². The molecule has 0 radical (unpaired) electrons. The average molecular weight is 424 g/mol. The molecule has 0 spiro atoms. The second kappa shape index (κ2) is 8.21. The molecule has 0 bridgehead atoms. The monoisotopic (exact) mass is 423 g/mol. The van der Waals surface area contributed by atoms with E-state index in [9.17, 15) is 0 Å². The van der Waals surface area contributed by atoms with E-state index >= 15 is 0 Å². The van der Waals surface area contributed by atoms with Crippen LogP contribution in [0.25, 0.3) is 50.2 Å². The molecular weight excluding hydrogens is 402 g/mol. The van der Waals surface area contributed by atoms with Gasteiger partial charge in [-0.05, 0) is 46.0 Å². The van der Waals surface area contributed by atoms with Crippen LogP contribution in [-0.4, -0.2) is 14.5 Å². The Bertz CT molecular complexity index is 1520. The molecule has 3 heteroatoms. The van der Waals surface area contributed by atoms with Crippen molar-refractivity contribution in [2.75, 3.05) is 0 Å². The predicted molar refractivity (Wildman–Crippen MR) is 135 cm³/mol. The van der Waals surface area contributed by atoms with Crippen molar-refractivity contribution in [3.63, 3.8) is 0 Å². The summed E-state index contributed by atoms with van der Waals surface area (Å²) in [5.74, 6) is 0. The summed E-state index contributed by atoms with van der Waals surface area (Å²) in [7, 11) is 0. The Morgan fingerprint density at radius 1 is 0.455 bits per heavy atom. The van der Waals surface area contributed by atoms with Gasteiger partial charge in [-0.1, -0.05) is 97.1 Å². The van der Waals surface area contributed by atoms with Crippen molar-refractivity contribution in [1.82, 2.24) is 14.5 Å². The topological polar surface area (TPSA) is 30.7 Å². The second-order valence-electron chi connectivity index (χ2n) is 8.00. The molecule has 0 N–H and O–H groups in total. The molecule has 0 saturated heterocycles. The van der Waals surface area contributed by atoms with Crippen LogP contribution in [0.1, 0.15) is 0 Å². The van der Waals surface area contributed by atoms with Crippen LogP contribution in [0.15, 0.2) is 128 Å². The Labute approximate surface area is 192 Å².